The first-order valence-electron chi connectivity index (χ1n) is 4.75. The first-order valence-corrected chi connectivity index (χ1v) is 4.75. The molecule has 0 amide bonds. The number of rotatable bonds is 2. The van der Waals surface area contributed by atoms with Crippen molar-refractivity contribution in [3.63, 3.8) is 0 Å². The van der Waals surface area contributed by atoms with Crippen LogP contribution >= 0.6 is 0 Å². The SMILES string of the molecule is OB(O)c1cccnc1-c1cccc(F)c1. The second-order valence-corrected chi connectivity index (χ2v) is 3.33. The summed E-state index contributed by atoms with van der Waals surface area (Å²) in [6, 6.07) is 8.97. The zero-order valence-electron chi connectivity index (χ0n) is 8.34. The van der Waals surface area contributed by atoms with Crippen molar-refractivity contribution < 1.29 is 14.4 Å². The fraction of sp³-hybridized carbons (Fsp3) is 0. The largest absolute Gasteiger partial charge is 0.490 e. The van der Waals surface area contributed by atoms with Crippen molar-refractivity contribution in [2.24, 2.45) is 0 Å². The number of halogens is 1. The van der Waals surface area contributed by atoms with Gasteiger partial charge in [0, 0.05) is 17.2 Å². The van der Waals surface area contributed by atoms with Gasteiger partial charge in [-0.1, -0.05) is 18.2 Å². The van der Waals surface area contributed by atoms with Crippen molar-refractivity contribution in [2.75, 3.05) is 0 Å². The van der Waals surface area contributed by atoms with Crippen LogP contribution in [0, 0.1) is 5.82 Å². The van der Waals surface area contributed by atoms with Crippen LogP contribution in [0.1, 0.15) is 0 Å². The lowest BCUT2D eigenvalue weighted by Gasteiger charge is -2.07. The van der Waals surface area contributed by atoms with Crippen LogP contribution < -0.4 is 5.46 Å². The third-order valence-corrected chi connectivity index (χ3v) is 2.22. The molecule has 16 heavy (non-hydrogen) atoms. The van der Waals surface area contributed by atoms with Crippen molar-refractivity contribution in [3.8, 4) is 11.3 Å². The Bertz CT molecular complexity index is 505. The molecule has 2 aromatic rings. The number of aromatic nitrogens is 1. The molecule has 0 aliphatic carbocycles. The quantitative estimate of drug-likeness (QED) is 0.723. The molecule has 1 aromatic heterocycles. The summed E-state index contributed by atoms with van der Waals surface area (Å²) in [6.45, 7) is 0. The molecule has 3 nitrogen and oxygen atoms in total. The maximum atomic E-state index is 13.0. The second kappa shape index (κ2) is 4.43. The summed E-state index contributed by atoms with van der Waals surface area (Å²) in [4.78, 5) is 4.02. The molecule has 0 saturated heterocycles. The van der Waals surface area contributed by atoms with E-state index in [4.69, 9.17) is 10.0 Å². The molecule has 0 spiro atoms. The topological polar surface area (TPSA) is 53.4 Å². The molecule has 1 aromatic carbocycles. The Labute approximate surface area is 92.4 Å². The minimum absolute atomic E-state index is 0.258. The van der Waals surface area contributed by atoms with Crippen molar-refractivity contribution in [3.05, 3.63) is 48.4 Å². The monoisotopic (exact) mass is 217 g/mol. The maximum absolute atomic E-state index is 13.0. The molecule has 0 saturated carbocycles. The standard InChI is InChI=1S/C11H9BFNO2/c13-9-4-1-3-8(7-9)11-10(12(15)16)5-2-6-14-11/h1-7,15-16H. The smallest absolute Gasteiger partial charge is 0.423 e. The summed E-state index contributed by atoms with van der Waals surface area (Å²) in [6.07, 6.45) is 1.52. The van der Waals surface area contributed by atoms with Gasteiger partial charge in [0.1, 0.15) is 5.82 Å². The van der Waals surface area contributed by atoms with Gasteiger partial charge in [-0.25, -0.2) is 4.39 Å². The van der Waals surface area contributed by atoms with E-state index in [1.54, 1.807) is 18.2 Å². The van der Waals surface area contributed by atoms with E-state index in [1.807, 2.05) is 0 Å². The molecule has 0 aliphatic rings. The highest BCUT2D eigenvalue weighted by atomic mass is 19.1. The predicted molar refractivity (Wildman–Crippen MR) is 59.5 cm³/mol. The molecule has 0 unspecified atom stereocenters. The molecule has 1 heterocycles. The molecule has 0 fully saturated rings. The normalized spacial score (nSPS) is 10.2. The molecule has 2 rings (SSSR count). The summed E-state index contributed by atoms with van der Waals surface area (Å²) < 4.78 is 13.0. The Morgan fingerprint density at radius 2 is 1.94 bits per heavy atom. The first-order chi connectivity index (χ1) is 7.68. The molecule has 5 heteroatoms. The van der Waals surface area contributed by atoms with E-state index >= 15 is 0 Å². The second-order valence-electron chi connectivity index (χ2n) is 3.33. The summed E-state index contributed by atoms with van der Waals surface area (Å²) in [7, 11) is -1.62. The van der Waals surface area contributed by atoms with Gasteiger partial charge in [0.05, 0.1) is 5.69 Å². The molecular weight excluding hydrogens is 208 g/mol. The van der Waals surface area contributed by atoms with Crippen molar-refractivity contribution >= 4 is 12.6 Å². The van der Waals surface area contributed by atoms with Gasteiger partial charge in [-0.2, -0.15) is 0 Å². The molecule has 0 aliphatic heterocycles. The Morgan fingerprint density at radius 3 is 2.62 bits per heavy atom. The van der Waals surface area contributed by atoms with Crippen molar-refractivity contribution in [2.45, 2.75) is 0 Å². The van der Waals surface area contributed by atoms with Gasteiger partial charge in [-0.05, 0) is 18.2 Å². The van der Waals surface area contributed by atoms with Crippen molar-refractivity contribution in [1.29, 1.82) is 0 Å². The Balaban J connectivity index is 2.55. The van der Waals surface area contributed by atoms with Crippen LogP contribution in [0.4, 0.5) is 4.39 Å². The Kier molecular flexibility index (Phi) is 2.98. The van der Waals surface area contributed by atoms with E-state index in [2.05, 4.69) is 4.98 Å². The number of pyridine rings is 1. The highest BCUT2D eigenvalue weighted by molar-refractivity contribution is 6.60. The van der Waals surface area contributed by atoms with Gasteiger partial charge < -0.3 is 10.0 Å². The van der Waals surface area contributed by atoms with E-state index in [0.717, 1.165) is 0 Å². The van der Waals surface area contributed by atoms with Crippen LogP contribution in [0.5, 0.6) is 0 Å². The number of hydrogen-bond donors (Lipinski definition) is 2. The van der Waals surface area contributed by atoms with E-state index in [1.165, 1.54) is 24.4 Å². The van der Waals surface area contributed by atoms with Crippen LogP contribution in [0.25, 0.3) is 11.3 Å². The highest BCUT2D eigenvalue weighted by Gasteiger charge is 2.17. The minimum Gasteiger partial charge on any atom is -0.423 e. The lowest BCUT2D eigenvalue weighted by Crippen LogP contribution is -2.32. The van der Waals surface area contributed by atoms with Crippen LogP contribution in [0.3, 0.4) is 0 Å². The third-order valence-electron chi connectivity index (χ3n) is 2.22. The third kappa shape index (κ3) is 2.10. The molecule has 0 bridgehead atoms. The van der Waals surface area contributed by atoms with Crippen LogP contribution in [-0.2, 0) is 0 Å². The molecule has 2 N–H and O–H groups in total. The number of hydrogen-bond acceptors (Lipinski definition) is 3. The zero-order valence-corrected chi connectivity index (χ0v) is 8.34. The summed E-state index contributed by atoms with van der Waals surface area (Å²) in [5, 5.41) is 18.3. The first kappa shape index (κ1) is 10.8. The van der Waals surface area contributed by atoms with Crippen molar-refractivity contribution in [1.82, 2.24) is 4.98 Å². The molecule has 0 radical (unpaired) electrons. The fourth-order valence-electron chi connectivity index (χ4n) is 1.50. The van der Waals surface area contributed by atoms with Gasteiger partial charge in [0.25, 0.3) is 0 Å². The Morgan fingerprint density at radius 1 is 1.12 bits per heavy atom. The van der Waals surface area contributed by atoms with Gasteiger partial charge in [-0.3, -0.25) is 4.98 Å². The molecule has 0 atom stereocenters. The average Bonchev–Trinajstić information content (AvgIpc) is 2.29. The minimum atomic E-state index is -1.62. The van der Waals surface area contributed by atoms with E-state index in [0.29, 0.717) is 11.3 Å². The van der Waals surface area contributed by atoms with Gasteiger partial charge in [0.2, 0.25) is 0 Å². The zero-order chi connectivity index (χ0) is 11.5. The fourth-order valence-corrected chi connectivity index (χ4v) is 1.50. The van der Waals surface area contributed by atoms with Crippen LogP contribution in [-0.4, -0.2) is 22.2 Å². The van der Waals surface area contributed by atoms with Crippen LogP contribution in [0.2, 0.25) is 0 Å². The van der Waals surface area contributed by atoms with E-state index in [-0.39, 0.29) is 11.3 Å². The Hall–Kier alpha value is -1.72. The van der Waals surface area contributed by atoms with Gasteiger partial charge in [-0.15, -0.1) is 0 Å². The van der Waals surface area contributed by atoms with Gasteiger partial charge in [0.15, 0.2) is 0 Å². The number of nitrogens with zero attached hydrogens (tertiary/aromatic N) is 1. The highest BCUT2D eigenvalue weighted by Crippen LogP contribution is 2.15. The summed E-state index contributed by atoms with van der Waals surface area (Å²) >= 11 is 0. The number of benzene rings is 1. The molecule has 80 valence electrons. The summed E-state index contributed by atoms with van der Waals surface area (Å²) in [5.41, 5.74) is 1.15. The van der Waals surface area contributed by atoms with E-state index in [9.17, 15) is 4.39 Å². The van der Waals surface area contributed by atoms with Crippen LogP contribution in [0.15, 0.2) is 42.6 Å². The summed E-state index contributed by atoms with van der Waals surface area (Å²) in [5.74, 6) is -0.387. The van der Waals surface area contributed by atoms with E-state index < -0.39 is 7.12 Å². The average molecular weight is 217 g/mol. The maximum Gasteiger partial charge on any atom is 0.490 e. The molecular formula is C11H9BFNO2. The predicted octanol–water partition coefficient (Wildman–Crippen LogP) is 0.567. The lowest BCUT2D eigenvalue weighted by molar-refractivity contribution is 0.426. The van der Waals surface area contributed by atoms with Gasteiger partial charge >= 0.3 is 7.12 Å². The lowest BCUT2D eigenvalue weighted by atomic mass is 9.77.